The van der Waals surface area contributed by atoms with Crippen molar-refractivity contribution in [2.45, 2.75) is 50.7 Å². The number of methoxy groups -OCH3 is 1. The van der Waals surface area contributed by atoms with Gasteiger partial charge in [-0.1, -0.05) is 31.4 Å². The van der Waals surface area contributed by atoms with E-state index in [-0.39, 0.29) is 37.8 Å². The van der Waals surface area contributed by atoms with Gasteiger partial charge in [0.05, 0.1) is 30.9 Å². The van der Waals surface area contributed by atoms with Crippen LogP contribution in [0.25, 0.3) is 16.5 Å². The number of amides is 1. The van der Waals surface area contributed by atoms with E-state index in [4.69, 9.17) is 14.6 Å². The van der Waals surface area contributed by atoms with Crippen molar-refractivity contribution < 1.29 is 32.6 Å². The van der Waals surface area contributed by atoms with Crippen LogP contribution >= 0.6 is 0 Å². The first-order valence-corrected chi connectivity index (χ1v) is 16.6. The minimum absolute atomic E-state index is 0.106. The second kappa shape index (κ2) is 13.0. The Kier molecular flexibility index (Phi) is 9.47. The van der Waals surface area contributed by atoms with Gasteiger partial charge in [-0.15, -0.1) is 0 Å². The van der Waals surface area contributed by atoms with Crippen LogP contribution in [-0.2, 0) is 31.0 Å². The Balaban J connectivity index is 1.46. The first kappa shape index (κ1) is 32.1. The van der Waals surface area contributed by atoms with Crippen molar-refractivity contribution in [2.24, 2.45) is 11.1 Å². The van der Waals surface area contributed by atoms with Gasteiger partial charge in [0.15, 0.2) is 0 Å². The molecule has 44 heavy (non-hydrogen) atoms. The highest BCUT2D eigenvalue weighted by atomic mass is 32.2. The number of nitrogens with zero attached hydrogens (tertiary/aromatic N) is 3. The van der Waals surface area contributed by atoms with Gasteiger partial charge < -0.3 is 24.0 Å². The van der Waals surface area contributed by atoms with Gasteiger partial charge in [-0.25, -0.2) is 9.93 Å². The number of carboxylic acids is 1. The number of carboxylic acid groups (broad SMARTS) is 1. The minimum Gasteiger partial charge on any atom is -0.478 e. The molecule has 12 heteroatoms. The first-order chi connectivity index (χ1) is 20.9. The molecule has 1 aromatic heterocycles. The second-order valence-electron chi connectivity index (χ2n) is 12.0. The van der Waals surface area contributed by atoms with Gasteiger partial charge in [-0.3, -0.25) is 4.79 Å². The molecule has 11 nitrogen and oxygen atoms in total. The molecular weight excluding hydrogens is 584 g/mol. The number of carbonyl (C=O) groups excluding carboxylic acids is 1. The number of hydrogen-bond donors (Lipinski definition) is 2. The highest BCUT2D eigenvalue weighted by molar-refractivity contribution is 7.86. The number of aromatic nitrogens is 1. The molecule has 1 aliphatic heterocycles. The maximum atomic E-state index is 13.9. The number of benzene rings is 1. The smallest absolute Gasteiger partial charge is 0.335 e. The SMILES string of the molecule is COC1(C2CCCCC2)C=C2C=C(C(=O)N(C)CCOCCN(C)S(N)(=O)=O)Cn3c(cc4ccc(C(=O)O)cc43)C2=CC1. The van der Waals surface area contributed by atoms with Crippen LogP contribution in [0.5, 0.6) is 0 Å². The third-order valence-corrected chi connectivity index (χ3v) is 10.3. The van der Waals surface area contributed by atoms with Gasteiger partial charge in [0.2, 0.25) is 0 Å². The summed E-state index contributed by atoms with van der Waals surface area (Å²) in [6.07, 6.45) is 12.9. The third kappa shape index (κ3) is 6.54. The molecule has 1 saturated carbocycles. The topological polar surface area (TPSA) is 144 Å². The van der Waals surface area contributed by atoms with Crippen molar-refractivity contribution in [3.8, 4) is 0 Å². The maximum absolute atomic E-state index is 13.9. The van der Waals surface area contributed by atoms with E-state index in [1.165, 1.54) is 26.3 Å². The summed E-state index contributed by atoms with van der Waals surface area (Å²) in [4.78, 5) is 27.3. The molecule has 1 aromatic carbocycles. The average Bonchev–Trinajstić information content (AvgIpc) is 3.28. The normalized spacial score (nSPS) is 20.8. The lowest BCUT2D eigenvalue weighted by atomic mass is 9.71. The van der Waals surface area contributed by atoms with Crippen LogP contribution in [0.4, 0.5) is 0 Å². The van der Waals surface area contributed by atoms with Gasteiger partial charge in [-0.05, 0) is 61.1 Å². The van der Waals surface area contributed by atoms with E-state index >= 15 is 0 Å². The van der Waals surface area contributed by atoms with Crippen molar-refractivity contribution >= 4 is 38.6 Å². The number of nitrogens with two attached hydrogens (primary N) is 1. The fraction of sp³-hybridized carbons (Fsp3) is 0.500. The molecule has 2 aliphatic carbocycles. The first-order valence-electron chi connectivity index (χ1n) is 15.1. The zero-order valence-electron chi connectivity index (χ0n) is 25.6. The van der Waals surface area contributed by atoms with Crippen LogP contribution in [0.2, 0.25) is 0 Å². The molecule has 0 bridgehead atoms. The quantitative estimate of drug-likeness (QED) is 0.363. The monoisotopic (exact) mass is 626 g/mol. The summed E-state index contributed by atoms with van der Waals surface area (Å²) in [7, 11) is 1.08. The number of allylic oxidation sites excluding steroid dienone is 3. The number of aromatic carboxylic acids is 1. The zero-order valence-corrected chi connectivity index (χ0v) is 26.4. The van der Waals surface area contributed by atoms with Gasteiger partial charge in [0.25, 0.3) is 16.1 Å². The number of hydrogen-bond acceptors (Lipinski definition) is 6. The predicted octanol–water partition coefficient (Wildman–Crippen LogP) is 3.57. The molecule has 238 valence electrons. The van der Waals surface area contributed by atoms with Crippen molar-refractivity contribution in [1.82, 2.24) is 13.8 Å². The van der Waals surface area contributed by atoms with Crippen molar-refractivity contribution in [2.75, 3.05) is 47.5 Å². The van der Waals surface area contributed by atoms with E-state index in [0.717, 1.165) is 51.3 Å². The summed E-state index contributed by atoms with van der Waals surface area (Å²) in [6, 6.07) is 7.15. The molecular formula is C32H42N4O7S. The minimum atomic E-state index is -3.78. The summed E-state index contributed by atoms with van der Waals surface area (Å²) in [5.41, 5.74) is 3.92. The molecule has 2 heterocycles. The van der Waals surface area contributed by atoms with Crippen LogP contribution in [0.15, 0.2) is 53.6 Å². The fourth-order valence-electron chi connectivity index (χ4n) is 6.62. The van der Waals surface area contributed by atoms with Crippen LogP contribution in [0.3, 0.4) is 0 Å². The summed E-state index contributed by atoms with van der Waals surface area (Å²) in [5.74, 6) is -0.793. The molecule has 1 atom stereocenters. The molecule has 0 spiro atoms. The molecule has 0 saturated heterocycles. The highest BCUT2D eigenvalue weighted by Crippen LogP contribution is 2.46. The number of rotatable bonds is 11. The Morgan fingerprint density at radius 2 is 1.84 bits per heavy atom. The number of fused-ring (bicyclic) bond motifs is 5. The number of carbonyl (C=O) groups is 2. The highest BCUT2D eigenvalue weighted by Gasteiger charge is 2.40. The van der Waals surface area contributed by atoms with E-state index in [1.807, 2.05) is 16.7 Å². The second-order valence-corrected chi connectivity index (χ2v) is 13.6. The zero-order chi connectivity index (χ0) is 31.6. The lowest BCUT2D eigenvalue weighted by Gasteiger charge is -2.41. The third-order valence-electron chi connectivity index (χ3n) is 9.28. The van der Waals surface area contributed by atoms with E-state index in [2.05, 4.69) is 18.2 Å². The van der Waals surface area contributed by atoms with Crippen LogP contribution in [0, 0.1) is 5.92 Å². The summed E-state index contributed by atoms with van der Waals surface area (Å²) in [5, 5.41) is 15.7. The molecule has 2 aromatic rings. The Bertz CT molecular complexity index is 1630. The Hall–Kier alpha value is -3.29. The summed E-state index contributed by atoms with van der Waals surface area (Å²) in [6.45, 7) is 1.03. The lowest BCUT2D eigenvalue weighted by molar-refractivity contribution is -0.126. The summed E-state index contributed by atoms with van der Waals surface area (Å²) >= 11 is 0. The van der Waals surface area contributed by atoms with Crippen LogP contribution in [0.1, 0.15) is 54.6 Å². The molecule has 1 unspecified atom stereocenters. The molecule has 3 aliphatic rings. The molecule has 3 N–H and O–H groups in total. The standard InChI is InChI=1S/C32H42N4O7S/c1-34(13-15-43-16-14-35(2)44(33,40)41)30(37)25-17-24-20-32(42-3,26-7-5-4-6-8-26)12-11-27(24)29-18-22-9-10-23(31(38)39)19-28(22)36(29)21-25/h9-11,17-20,26H,4-8,12-16,21H2,1-3H3,(H,38,39)(H2,33,40,41). The lowest BCUT2D eigenvalue weighted by Crippen LogP contribution is -2.40. The molecule has 1 amide bonds. The van der Waals surface area contributed by atoms with Crippen molar-refractivity contribution in [3.63, 3.8) is 0 Å². The largest absolute Gasteiger partial charge is 0.478 e. The van der Waals surface area contributed by atoms with Gasteiger partial charge >= 0.3 is 5.97 Å². The van der Waals surface area contributed by atoms with Crippen molar-refractivity contribution in [1.29, 1.82) is 0 Å². The maximum Gasteiger partial charge on any atom is 0.335 e. The number of ether oxygens (including phenoxy) is 2. The van der Waals surface area contributed by atoms with E-state index in [9.17, 15) is 23.1 Å². The Labute approximate surface area is 258 Å². The van der Waals surface area contributed by atoms with E-state index < -0.39 is 21.8 Å². The van der Waals surface area contributed by atoms with Crippen LogP contribution in [-0.4, -0.2) is 92.3 Å². The molecule has 1 fully saturated rings. The fourth-order valence-corrected chi connectivity index (χ4v) is 6.95. The number of likely N-dealkylation sites (N-methyl/N-ethyl adjacent to an activating group) is 2. The molecule has 5 rings (SSSR count). The average molecular weight is 627 g/mol. The van der Waals surface area contributed by atoms with Gasteiger partial charge in [0, 0.05) is 62.0 Å². The Morgan fingerprint density at radius 1 is 1.11 bits per heavy atom. The van der Waals surface area contributed by atoms with E-state index in [0.29, 0.717) is 18.0 Å². The predicted molar refractivity (Wildman–Crippen MR) is 168 cm³/mol. The van der Waals surface area contributed by atoms with Crippen LogP contribution < -0.4 is 5.14 Å². The van der Waals surface area contributed by atoms with Crippen molar-refractivity contribution in [3.05, 3.63) is 64.9 Å². The van der Waals surface area contributed by atoms with Gasteiger partial charge in [-0.2, -0.15) is 12.7 Å². The Morgan fingerprint density at radius 3 is 2.52 bits per heavy atom. The molecule has 0 radical (unpaired) electrons. The van der Waals surface area contributed by atoms with E-state index in [1.54, 1.807) is 31.2 Å². The summed E-state index contributed by atoms with van der Waals surface area (Å²) < 4.78 is 37.7. The van der Waals surface area contributed by atoms with Gasteiger partial charge in [0.1, 0.15) is 0 Å².